The molecule has 0 unspecified atom stereocenters. The van der Waals surface area contributed by atoms with Crippen LogP contribution in [0.5, 0.6) is 0 Å². The molecule has 4 aliphatic rings. The molecule has 168 valence electrons. The molecule has 0 spiro atoms. The van der Waals surface area contributed by atoms with Crippen LogP contribution in [0.3, 0.4) is 0 Å². The first-order chi connectivity index (χ1) is 13.8. The maximum absolute atomic E-state index is 5.18. The Hall–Kier alpha value is 0.270. The number of hydrogen-bond acceptors (Lipinski definition) is 4. The molecule has 0 atom stereocenters. The third-order valence-corrected chi connectivity index (χ3v) is 8.22. The van der Waals surface area contributed by atoms with Gasteiger partial charge in [0.15, 0.2) is 5.96 Å². The van der Waals surface area contributed by atoms with Crippen LogP contribution in [0.25, 0.3) is 0 Å². The van der Waals surface area contributed by atoms with Gasteiger partial charge in [-0.15, -0.1) is 24.0 Å². The molecule has 0 aromatic rings. The van der Waals surface area contributed by atoms with Crippen LogP contribution in [0.15, 0.2) is 4.99 Å². The second kappa shape index (κ2) is 11.8. The van der Waals surface area contributed by atoms with Gasteiger partial charge in [0, 0.05) is 61.9 Å². The Morgan fingerprint density at radius 2 is 1.69 bits per heavy atom. The highest BCUT2D eigenvalue weighted by Crippen LogP contribution is 2.35. The zero-order valence-corrected chi connectivity index (χ0v) is 21.5. The van der Waals surface area contributed by atoms with E-state index in [4.69, 9.17) is 4.99 Å². The van der Waals surface area contributed by atoms with Gasteiger partial charge in [-0.1, -0.05) is 19.3 Å². The second-order valence-corrected chi connectivity index (χ2v) is 10.5. The Labute approximate surface area is 199 Å². The number of hydrogen-bond donors (Lipinski definition) is 2. The van der Waals surface area contributed by atoms with Gasteiger partial charge in [0.2, 0.25) is 0 Å². The SMILES string of the molecule is CCNC(=NCC1(N2CCSCC2)CCCCC1)NC1CCN(C2CC2)CC1.I. The highest BCUT2D eigenvalue weighted by Gasteiger charge is 2.38. The molecular weight excluding hydrogens is 493 g/mol. The van der Waals surface area contributed by atoms with Gasteiger partial charge >= 0.3 is 0 Å². The van der Waals surface area contributed by atoms with Crippen LogP contribution in [-0.4, -0.2) is 84.2 Å². The van der Waals surface area contributed by atoms with Crippen LogP contribution in [0.4, 0.5) is 0 Å². The summed E-state index contributed by atoms with van der Waals surface area (Å²) in [6.45, 7) is 9.13. The lowest BCUT2D eigenvalue weighted by Crippen LogP contribution is -2.56. The van der Waals surface area contributed by atoms with Crippen molar-refractivity contribution in [3.63, 3.8) is 0 Å². The normalized spacial score (nSPS) is 27.3. The summed E-state index contributed by atoms with van der Waals surface area (Å²) in [6.07, 6.45) is 12.2. The monoisotopic (exact) mass is 535 g/mol. The van der Waals surface area contributed by atoms with Gasteiger partial charge in [0.25, 0.3) is 0 Å². The highest BCUT2D eigenvalue weighted by molar-refractivity contribution is 14.0. The van der Waals surface area contributed by atoms with Gasteiger partial charge in [-0.3, -0.25) is 9.89 Å². The lowest BCUT2D eigenvalue weighted by Gasteiger charge is -2.47. The molecule has 2 N–H and O–H groups in total. The van der Waals surface area contributed by atoms with Gasteiger partial charge < -0.3 is 15.5 Å². The van der Waals surface area contributed by atoms with E-state index in [0.29, 0.717) is 11.6 Å². The van der Waals surface area contributed by atoms with E-state index >= 15 is 0 Å². The number of thioether (sulfide) groups is 1. The van der Waals surface area contributed by atoms with E-state index in [1.807, 2.05) is 0 Å². The van der Waals surface area contributed by atoms with Crippen molar-refractivity contribution < 1.29 is 0 Å². The van der Waals surface area contributed by atoms with Crippen LogP contribution in [0, 0.1) is 0 Å². The van der Waals surface area contributed by atoms with Crippen molar-refractivity contribution >= 4 is 41.7 Å². The molecule has 0 amide bonds. The molecule has 5 nitrogen and oxygen atoms in total. The van der Waals surface area contributed by atoms with Crippen molar-refractivity contribution in [2.45, 2.75) is 82.3 Å². The minimum absolute atomic E-state index is 0. The lowest BCUT2D eigenvalue weighted by atomic mass is 9.80. The minimum atomic E-state index is 0. The standard InChI is InChI=1S/C22H41N5S.HI/c1-2-23-21(25-19-8-12-26(13-9-19)20-6-7-20)24-18-22(10-4-3-5-11-22)27-14-16-28-17-15-27;/h19-20H,2-18H2,1H3,(H2,23,24,25);1H. The molecule has 4 fully saturated rings. The van der Waals surface area contributed by atoms with Crippen molar-refractivity contribution in [3.8, 4) is 0 Å². The van der Waals surface area contributed by atoms with E-state index in [-0.39, 0.29) is 24.0 Å². The largest absolute Gasteiger partial charge is 0.357 e. The molecule has 2 saturated carbocycles. The Morgan fingerprint density at radius 3 is 2.31 bits per heavy atom. The van der Waals surface area contributed by atoms with Gasteiger partial charge in [-0.2, -0.15) is 11.8 Å². The molecular formula is C22H42IN5S. The van der Waals surface area contributed by atoms with E-state index in [9.17, 15) is 0 Å². The Kier molecular flexibility index (Phi) is 9.71. The second-order valence-electron chi connectivity index (χ2n) is 9.27. The van der Waals surface area contributed by atoms with E-state index in [1.165, 1.54) is 95.5 Å². The summed E-state index contributed by atoms with van der Waals surface area (Å²) in [5, 5.41) is 7.32. The first kappa shape index (κ1) is 23.9. The lowest BCUT2D eigenvalue weighted by molar-refractivity contribution is 0.0671. The number of likely N-dealkylation sites (tertiary alicyclic amines) is 1. The molecule has 0 radical (unpaired) electrons. The summed E-state index contributed by atoms with van der Waals surface area (Å²) < 4.78 is 0. The van der Waals surface area contributed by atoms with Crippen LogP contribution in [0.2, 0.25) is 0 Å². The van der Waals surface area contributed by atoms with E-state index in [0.717, 1.165) is 25.1 Å². The highest BCUT2D eigenvalue weighted by atomic mass is 127. The van der Waals surface area contributed by atoms with Crippen LogP contribution in [0.1, 0.15) is 64.7 Å². The average molecular weight is 536 g/mol. The molecule has 2 aliphatic carbocycles. The number of piperidine rings is 1. The number of nitrogens with one attached hydrogen (secondary N) is 2. The molecule has 4 rings (SSSR count). The number of halogens is 1. The summed E-state index contributed by atoms with van der Waals surface area (Å²) in [6, 6.07) is 1.50. The maximum Gasteiger partial charge on any atom is 0.191 e. The van der Waals surface area contributed by atoms with Crippen molar-refractivity contribution in [3.05, 3.63) is 0 Å². The predicted molar refractivity (Wildman–Crippen MR) is 137 cm³/mol. The van der Waals surface area contributed by atoms with Crippen LogP contribution in [-0.2, 0) is 0 Å². The molecule has 0 bridgehead atoms. The van der Waals surface area contributed by atoms with Crippen molar-refractivity contribution in [2.24, 2.45) is 4.99 Å². The Balaban J connectivity index is 0.00000240. The molecule has 2 heterocycles. The smallest absolute Gasteiger partial charge is 0.191 e. The van der Waals surface area contributed by atoms with Gasteiger partial charge in [0.1, 0.15) is 0 Å². The summed E-state index contributed by atoms with van der Waals surface area (Å²) in [5.41, 5.74) is 0.316. The minimum Gasteiger partial charge on any atom is -0.357 e. The number of nitrogens with zero attached hydrogens (tertiary/aromatic N) is 3. The summed E-state index contributed by atoms with van der Waals surface area (Å²) in [5.74, 6) is 3.65. The molecule has 0 aromatic carbocycles. The number of guanidine groups is 1. The maximum atomic E-state index is 5.18. The van der Waals surface area contributed by atoms with Gasteiger partial charge in [0.05, 0.1) is 6.54 Å². The summed E-state index contributed by atoms with van der Waals surface area (Å²) in [7, 11) is 0. The van der Waals surface area contributed by atoms with E-state index in [1.54, 1.807) is 0 Å². The summed E-state index contributed by atoms with van der Waals surface area (Å²) >= 11 is 2.12. The topological polar surface area (TPSA) is 42.9 Å². The third-order valence-electron chi connectivity index (χ3n) is 7.28. The van der Waals surface area contributed by atoms with Gasteiger partial charge in [-0.05, 0) is 45.4 Å². The molecule has 29 heavy (non-hydrogen) atoms. The van der Waals surface area contributed by atoms with Crippen molar-refractivity contribution in [1.82, 2.24) is 20.4 Å². The van der Waals surface area contributed by atoms with E-state index < -0.39 is 0 Å². The average Bonchev–Trinajstić information content (AvgIpc) is 3.60. The predicted octanol–water partition coefficient (Wildman–Crippen LogP) is 3.54. The first-order valence-electron chi connectivity index (χ1n) is 11.9. The Morgan fingerprint density at radius 1 is 1.00 bits per heavy atom. The number of rotatable bonds is 6. The molecule has 2 aliphatic heterocycles. The van der Waals surface area contributed by atoms with Crippen LogP contribution < -0.4 is 10.6 Å². The fraction of sp³-hybridized carbons (Fsp3) is 0.955. The van der Waals surface area contributed by atoms with Gasteiger partial charge in [-0.25, -0.2) is 0 Å². The van der Waals surface area contributed by atoms with E-state index in [2.05, 4.69) is 39.1 Å². The number of aliphatic imine (C=N–C) groups is 1. The fourth-order valence-corrected chi connectivity index (χ4v) is 6.31. The van der Waals surface area contributed by atoms with Crippen molar-refractivity contribution in [2.75, 3.05) is 50.8 Å². The Bertz CT molecular complexity index is 507. The fourth-order valence-electron chi connectivity index (χ4n) is 5.41. The first-order valence-corrected chi connectivity index (χ1v) is 13.1. The third kappa shape index (κ3) is 6.62. The zero-order chi connectivity index (χ0) is 19.2. The van der Waals surface area contributed by atoms with Crippen molar-refractivity contribution in [1.29, 1.82) is 0 Å². The zero-order valence-electron chi connectivity index (χ0n) is 18.3. The summed E-state index contributed by atoms with van der Waals surface area (Å²) in [4.78, 5) is 10.7. The molecule has 7 heteroatoms. The molecule has 0 aromatic heterocycles. The quantitative estimate of drug-likeness (QED) is 0.310. The molecule has 2 saturated heterocycles. The van der Waals surface area contributed by atoms with Crippen LogP contribution >= 0.6 is 35.7 Å².